The summed E-state index contributed by atoms with van der Waals surface area (Å²) in [6.07, 6.45) is 0. The van der Waals surface area contributed by atoms with E-state index in [0.717, 1.165) is 0 Å². The zero-order valence-corrected chi connectivity index (χ0v) is 11.7. The van der Waals surface area contributed by atoms with Gasteiger partial charge in [0.2, 0.25) is 0 Å². The Balaban J connectivity index is 2.45. The Morgan fingerprint density at radius 2 is 2.00 bits per heavy atom. The van der Waals surface area contributed by atoms with Gasteiger partial charge in [0, 0.05) is 12.1 Å². The van der Waals surface area contributed by atoms with Crippen LogP contribution in [0.1, 0.15) is 5.56 Å². The first-order valence-electron chi connectivity index (χ1n) is 5.44. The van der Waals surface area contributed by atoms with Gasteiger partial charge in [0.25, 0.3) is 0 Å². The molecule has 6 heteroatoms. The van der Waals surface area contributed by atoms with Crippen molar-refractivity contribution in [2.75, 3.05) is 33.5 Å². The van der Waals surface area contributed by atoms with Gasteiger partial charge in [0.05, 0.1) is 25.4 Å². The van der Waals surface area contributed by atoms with Crippen molar-refractivity contribution in [3.63, 3.8) is 0 Å². The van der Waals surface area contributed by atoms with Crippen molar-refractivity contribution in [1.29, 1.82) is 0 Å². The van der Waals surface area contributed by atoms with E-state index in [-0.39, 0.29) is 4.99 Å². The van der Waals surface area contributed by atoms with Gasteiger partial charge in [-0.2, -0.15) is 0 Å². The van der Waals surface area contributed by atoms with E-state index < -0.39 is 0 Å². The largest absolute Gasteiger partial charge is 0.490 e. The highest BCUT2D eigenvalue weighted by molar-refractivity contribution is 7.80. The maximum Gasteiger partial charge on any atom is 0.131 e. The first kappa shape index (κ1) is 15.2. The number of hydrogen-bond acceptors (Lipinski definition) is 4. The van der Waals surface area contributed by atoms with Gasteiger partial charge in [-0.05, 0) is 18.2 Å². The minimum atomic E-state index is 0.280. The second-order valence-corrected chi connectivity index (χ2v) is 4.33. The summed E-state index contributed by atoms with van der Waals surface area (Å²) in [7, 11) is 1.63. The highest BCUT2D eigenvalue weighted by atomic mass is 35.5. The van der Waals surface area contributed by atoms with Crippen LogP contribution in [0.25, 0.3) is 0 Å². The van der Waals surface area contributed by atoms with Crippen molar-refractivity contribution >= 4 is 28.8 Å². The summed E-state index contributed by atoms with van der Waals surface area (Å²) in [5.41, 5.74) is 6.27. The molecule has 0 bridgehead atoms. The molecule has 0 amide bonds. The number of thiocarbonyl (C=S) groups is 1. The Morgan fingerprint density at radius 1 is 1.28 bits per heavy atom. The topological polar surface area (TPSA) is 53.7 Å². The predicted octanol–water partition coefficient (Wildman–Crippen LogP) is 2.02. The van der Waals surface area contributed by atoms with Gasteiger partial charge < -0.3 is 19.9 Å². The Morgan fingerprint density at radius 3 is 2.67 bits per heavy atom. The number of benzene rings is 1. The molecule has 0 aliphatic rings. The van der Waals surface area contributed by atoms with Crippen molar-refractivity contribution in [2.24, 2.45) is 5.73 Å². The predicted molar refractivity (Wildman–Crippen MR) is 75.5 cm³/mol. The molecular formula is C12H16ClNO3S. The monoisotopic (exact) mass is 289 g/mol. The summed E-state index contributed by atoms with van der Waals surface area (Å²) in [4.78, 5) is 0.280. The summed E-state index contributed by atoms with van der Waals surface area (Å²) in [6, 6.07) is 5.15. The molecule has 4 nitrogen and oxygen atoms in total. The number of halogens is 1. The molecule has 0 aliphatic heterocycles. The standard InChI is InChI=1S/C12H16ClNO3S/c1-15-4-5-16-6-7-17-11-8-9(13)2-3-10(11)12(14)18/h2-3,8H,4-7H2,1H3,(H2,14,18). The first-order valence-corrected chi connectivity index (χ1v) is 6.22. The second-order valence-electron chi connectivity index (χ2n) is 3.46. The molecule has 0 aromatic heterocycles. The lowest BCUT2D eigenvalue weighted by Gasteiger charge is -2.11. The van der Waals surface area contributed by atoms with Gasteiger partial charge in [0.15, 0.2) is 0 Å². The van der Waals surface area contributed by atoms with E-state index in [0.29, 0.717) is 42.8 Å². The van der Waals surface area contributed by atoms with Gasteiger partial charge in [-0.3, -0.25) is 0 Å². The van der Waals surface area contributed by atoms with E-state index in [4.69, 9.17) is 43.8 Å². The summed E-state index contributed by atoms with van der Waals surface area (Å²) >= 11 is 10.8. The maximum absolute atomic E-state index is 5.89. The van der Waals surface area contributed by atoms with E-state index in [1.54, 1.807) is 25.3 Å². The Hall–Kier alpha value is -0.880. The van der Waals surface area contributed by atoms with Gasteiger partial charge in [-0.25, -0.2) is 0 Å². The van der Waals surface area contributed by atoms with Crippen LogP contribution in [0.3, 0.4) is 0 Å². The molecule has 0 saturated heterocycles. The van der Waals surface area contributed by atoms with Crippen molar-refractivity contribution in [3.05, 3.63) is 28.8 Å². The van der Waals surface area contributed by atoms with Crippen LogP contribution in [0.4, 0.5) is 0 Å². The Labute approximate surface area is 117 Å². The molecule has 2 N–H and O–H groups in total. The fourth-order valence-electron chi connectivity index (χ4n) is 1.27. The highest BCUT2D eigenvalue weighted by Gasteiger charge is 2.07. The number of methoxy groups -OCH3 is 1. The quantitative estimate of drug-likeness (QED) is 0.586. The molecular weight excluding hydrogens is 274 g/mol. The van der Waals surface area contributed by atoms with Gasteiger partial charge in [0.1, 0.15) is 17.3 Å². The van der Waals surface area contributed by atoms with E-state index in [9.17, 15) is 0 Å². The Bertz CT molecular complexity index is 401. The zero-order chi connectivity index (χ0) is 13.4. The average Bonchev–Trinajstić information content (AvgIpc) is 2.33. The molecule has 0 saturated carbocycles. The van der Waals surface area contributed by atoms with E-state index in [2.05, 4.69) is 0 Å². The zero-order valence-electron chi connectivity index (χ0n) is 10.1. The molecule has 1 aromatic rings. The van der Waals surface area contributed by atoms with Crippen LogP contribution in [-0.2, 0) is 9.47 Å². The lowest BCUT2D eigenvalue weighted by Crippen LogP contribution is -2.14. The third-order valence-electron chi connectivity index (χ3n) is 2.13. The van der Waals surface area contributed by atoms with Crippen LogP contribution >= 0.6 is 23.8 Å². The molecule has 100 valence electrons. The first-order chi connectivity index (χ1) is 8.65. The molecule has 0 heterocycles. The van der Waals surface area contributed by atoms with E-state index >= 15 is 0 Å². The fraction of sp³-hybridized carbons (Fsp3) is 0.417. The van der Waals surface area contributed by atoms with Crippen LogP contribution in [0.15, 0.2) is 18.2 Å². The van der Waals surface area contributed by atoms with E-state index in [1.807, 2.05) is 0 Å². The van der Waals surface area contributed by atoms with Crippen LogP contribution in [0.2, 0.25) is 5.02 Å². The molecule has 1 aromatic carbocycles. The van der Waals surface area contributed by atoms with Crippen molar-refractivity contribution in [1.82, 2.24) is 0 Å². The third kappa shape index (κ3) is 5.18. The molecule has 18 heavy (non-hydrogen) atoms. The van der Waals surface area contributed by atoms with Crippen molar-refractivity contribution < 1.29 is 14.2 Å². The van der Waals surface area contributed by atoms with Crippen LogP contribution in [-0.4, -0.2) is 38.5 Å². The second kappa shape index (κ2) is 8.26. The summed E-state index contributed by atoms with van der Waals surface area (Å²) in [5.74, 6) is 0.574. The molecule has 0 radical (unpaired) electrons. The summed E-state index contributed by atoms with van der Waals surface area (Å²) < 4.78 is 15.7. The van der Waals surface area contributed by atoms with Gasteiger partial charge >= 0.3 is 0 Å². The number of ether oxygens (including phenoxy) is 3. The summed E-state index contributed by atoms with van der Waals surface area (Å²) in [5, 5.41) is 0.574. The minimum absolute atomic E-state index is 0.280. The van der Waals surface area contributed by atoms with Crippen molar-refractivity contribution in [3.8, 4) is 5.75 Å². The average molecular weight is 290 g/mol. The molecule has 0 atom stereocenters. The summed E-state index contributed by atoms with van der Waals surface area (Å²) in [6.45, 7) is 1.97. The third-order valence-corrected chi connectivity index (χ3v) is 2.58. The molecule has 0 spiro atoms. The SMILES string of the molecule is COCCOCCOc1cc(Cl)ccc1C(N)=S. The normalized spacial score (nSPS) is 10.3. The lowest BCUT2D eigenvalue weighted by molar-refractivity contribution is 0.0544. The van der Waals surface area contributed by atoms with E-state index in [1.165, 1.54) is 0 Å². The smallest absolute Gasteiger partial charge is 0.131 e. The minimum Gasteiger partial charge on any atom is -0.490 e. The fourth-order valence-corrected chi connectivity index (χ4v) is 1.60. The Kier molecular flexibility index (Phi) is 6.97. The number of hydrogen-bond donors (Lipinski definition) is 1. The molecule has 0 unspecified atom stereocenters. The lowest BCUT2D eigenvalue weighted by atomic mass is 10.2. The van der Waals surface area contributed by atoms with Crippen LogP contribution in [0, 0.1) is 0 Å². The number of nitrogens with two attached hydrogens (primary N) is 1. The van der Waals surface area contributed by atoms with Crippen molar-refractivity contribution in [2.45, 2.75) is 0 Å². The maximum atomic E-state index is 5.89. The van der Waals surface area contributed by atoms with Crippen LogP contribution < -0.4 is 10.5 Å². The molecule has 1 rings (SSSR count). The van der Waals surface area contributed by atoms with Crippen LogP contribution in [0.5, 0.6) is 5.75 Å². The molecule has 0 aliphatic carbocycles. The number of rotatable bonds is 8. The molecule has 0 fully saturated rings. The van der Waals surface area contributed by atoms with Gasteiger partial charge in [-0.1, -0.05) is 23.8 Å². The highest BCUT2D eigenvalue weighted by Crippen LogP contribution is 2.23. The van der Waals surface area contributed by atoms with Gasteiger partial charge in [-0.15, -0.1) is 0 Å².